The van der Waals surface area contributed by atoms with Gasteiger partial charge in [-0.25, -0.2) is 0 Å². The van der Waals surface area contributed by atoms with E-state index in [9.17, 15) is 9.59 Å². The van der Waals surface area contributed by atoms with Crippen LogP contribution in [0.4, 0.5) is 0 Å². The minimum Gasteiger partial charge on any atom is -0.481 e. The van der Waals surface area contributed by atoms with Gasteiger partial charge in [0.1, 0.15) is 6.04 Å². The van der Waals surface area contributed by atoms with Gasteiger partial charge in [-0.2, -0.15) is 0 Å². The Morgan fingerprint density at radius 2 is 1.94 bits per heavy atom. The van der Waals surface area contributed by atoms with E-state index in [1.807, 2.05) is 6.92 Å². The Kier molecular flexibility index (Phi) is 6.72. The molecule has 0 aliphatic rings. The van der Waals surface area contributed by atoms with Crippen molar-refractivity contribution < 1.29 is 19.4 Å². The molecular weight excluding hydrogens is 210 g/mol. The lowest BCUT2D eigenvalue weighted by molar-refractivity contribution is -0.154. The lowest BCUT2D eigenvalue weighted by Crippen LogP contribution is -2.41. The van der Waals surface area contributed by atoms with Crippen LogP contribution >= 0.6 is 0 Å². The van der Waals surface area contributed by atoms with Crippen molar-refractivity contribution in [3.63, 3.8) is 0 Å². The van der Waals surface area contributed by atoms with Crippen molar-refractivity contribution in [2.45, 2.75) is 45.8 Å². The molecule has 0 saturated heterocycles. The fraction of sp³-hybridized carbons (Fsp3) is 0.818. The van der Waals surface area contributed by atoms with Crippen LogP contribution < -0.4 is 0 Å². The summed E-state index contributed by atoms with van der Waals surface area (Å²) in [6.45, 7) is 5.81. The van der Waals surface area contributed by atoms with E-state index in [0.717, 1.165) is 0 Å². The summed E-state index contributed by atoms with van der Waals surface area (Å²) in [5.41, 5.74) is 0. The smallest absolute Gasteiger partial charge is 0.323 e. The number of hydrogen-bond acceptors (Lipinski definition) is 4. The summed E-state index contributed by atoms with van der Waals surface area (Å²) in [7, 11) is 1.73. The molecule has 0 aromatic heterocycles. The highest BCUT2D eigenvalue weighted by atomic mass is 16.5. The highest BCUT2D eigenvalue weighted by Crippen LogP contribution is 2.06. The number of carbonyl (C=O) groups excluding carboxylic acids is 1. The summed E-state index contributed by atoms with van der Waals surface area (Å²) in [5.74, 6) is -1.15. The first-order valence-electron chi connectivity index (χ1n) is 5.51. The first kappa shape index (κ1) is 14.9. The summed E-state index contributed by atoms with van der Waals surface area (Å²) in [6.07, 6.45) is 0.498. The minimum atomic E-state index is -0.862. The van der Waals surface area contributed by atoms with Gasteiger partial charge in [0.05, 0.1) is 12.5 Å². The van der Waals surface area contributed by atoms with E-state index >= 15 is 0 Å². The first-order valence-corrected chi connectivity index (χ1v) is 5.51. The lowest BCUT2D eigenvalue weighted by atomic mass is 10.2. The van der Waals surface area contributed by atoms with Gasteiger partial charge in [-0.05, 0) is 27.3 Å². The normalized spacial score (nSPS) is 12.9. The quantitative estimate of drug-likeness (QED) is 0.665. The van der Waals surface area contributed by atoms with Crippen LogP contribution in [0.2, 0.25) is 0 Å². The Morgan fingerprint density at radius 1 is 1.38 bits per heavy atom. The zero-order chi connectivity index (χ0) is 12.7. The molecule has 1 unspecified atom stereocenters. The number of carboxylic acid groups (broad SMARTS) is 1. The standard InChI is InChI=1S/C11H21NO4/c1-5-9(11(15)16-8(2)3)12(4)7-6-10(13)14/h8-9H,5-7H2,1-4H3,(H,13,14). The average molecular weight is 231 g/mol. The molecule has 0 aliphatic heterocycles. The third kappa shape index (κ3) is 5.70. The monoisotopic (exact) mass is 231 g/mol. The molecule has 0 rings (SSSR count). The van der Waals surface area contributed by atoms with Gasteiger partial charge in [-0.3, -0.25) is 14.5 Å². The molecule has 5 heteroatoms. The van der Waals surface area contributed by atoms with Gasteiger partial charge in [0.15, 0.2) is 0 Å². The van der Waals surface area contributed by atoms with Crippen molar-refractivity contribution in [1.29, 1.82) is 0 Å². The van der Waals surface area contributed by atoms with Crippen molar-refractivity contribution in [3.8, 4) is 0 Å². The van der Waals surface area contributed by atoms with Crippen LogP contribution in [0.1, 0.15) is 33.6 Å². The molecule has 5 nitrogen and oxygen atoms in total. The number of esters is 1. The van der Waals surface area contributed by atoms with Crippen LogP contribution in [-0.2, 0) is 14.3 Å². The van der Waals surface area contributed by atoms with Gasteiger partial charge in [0.2, 0.25) is 0 Å². The highest BCUT2D eigenvalue weighted by Gasteiger charge is 2.23. The summed E-state index contributed by atoms with van der Waals surface area (Å²) in [5, 5.41) is 8.56. The summed E-state index contributed by atoms with van der Waals surface area (Å²) >= 11 is 0. The number of likely N-dealkylation sites (N-methyl/N-ethyl adjacent to an activating group) is 1. The molecule has 0 radical (unpaired) electrons. The zero-order valence-corrected chi connectivity index (χ0v) is 10.4. The predicted octanol–water partition coefficient (Wildman–Crippen LogP) is 1.12. The summed E-state index contributed by atoms with van der Waals surface area (Å²) < 4.78 is 5.10. The molecule has 0 saturated carbocycles. The molecule has 0 amide bonds. The number of ether oxygens (including phenoxy) is 1. The molecule has 1 atom stereocenters. The van der Waals surface area contributed by atoms with E-state index in [1.165, 1.54) is 0 Å². The van der Waals surface area contributed by atoms with Crippen LogP contribution in [0.3, 0.4) is 0 Å². The maximum atomic E-state index is 11.7. The van der Waals surface area contributed by atoms with Gasteiger partial charge in [0, 0.05) is 6.54 Å². The lowest BCUT2D eigenvalue weighted by Gasteiger charge is -2.25. The molecule has 0 aromatic rings. The van der Waals surface area contributed by atoms with Crippen molar-refractivity contribution in [2.24, 2.45) is 0 Å². The van der Waals surface area contributed by atoms with Crippen molar-refractivity contribution in [2.75, 3.05) is 13.6 Å². The average Bonchev–Trinajstić information content (AvgIpc) is 2.14. The molecule has 0 spiro atoms. The Labute approximate surface area is 96.4 Å². The van der Waals surface area contributed by atoms with Crippen LogP contribution in [0.15, 0.2) is 0 Å². The van der Waals surface area contributed by atoms with Crippen molar-refractivity contribution in [3.05, 3.63) is 0 Å². The van der Waals surface area contributed by atoms with E-state index in [4.69, 9.17) is 9.84 Å². The van der Waals surface area contributed by atoms with Gasteiger partial charge < -0.3 is 9.84 Å². The van der Waals surface area contributed by atoms with Crippen LogP contribution in [0, 0.1) is 0 Å². The number of carboxylic acids is 1. The van der Waals surface area contributed by atoms with Gasteiger partial charge in [0.25, 0.3) is 0 Å². The Hall–Kier alpha value is -1.10. The third-order valence-corrected chi connectivity index (χ3v) is 2.22. The minimum absolute atomic E-state index is 0.0297. The number of aliphatic carboxylic acids is 1. The third-order valence-electron chi connectivity index (χ3n) is 2.22. The fourth-order valence-electron chi connectivity index (χ4n) is 1.40. The maximum absolute atomic E-state index is 11.7. The molecule has 16 heavy (non-hydrogen) atoms. The van der Waals surface area contributed by atoms with E-state index in [2.05, 4.69) is 0 Å². The van der Waals surface area contributed by atoms with Crippen LogP contribution in [0.25, 0.3) is 0 Å². The van der Waals surface area contributed by atoms with Gasteiger partial charge in [-0.15, -0.1) is 0 Å². The summed E-state index contributed by atoms with van der Waals surface area (Å²) in [6, 6.07) is -0.359. The number of rotatable bonds is 7. The zero-order valence-electron chi connectivity index (χ0n) is 10.4. The largest absolute Gasteiger partial charge is 0.481 e. The van der Waals surface area contributed by atoms with Crippen LogP contribution in [0.5, 0.6) is 0 Å². The molecule has 0 aromatic carbocycles. The van der Waals surface area contributed by atoms with E-state index in [-0.39, 0.29) is 24.5 Å². The first-order chi connectivity index (χ1) is 7.38. The predicted molar refractivity (Wildman–Crippen MR) is 60.2 cm³/mol. The van der Waals surface area contributed by atoms with Crippen molar-refractivity contribution in [1.82, 2.24) is 4.90 Å². The molecular formula is C11H21NO4. The molecule has 0 fully saturated rings. The van der Waals surface area contributed by atoms with Crippen LogP contribution in [-0.4, -0.2) is 47.7 Å². The second kappa shape index (κ2) is 7.22. The topological polar surface area (TPSA) is 66.8 Å². The molecule has 0 aliphatic carbocycles. The Bertz CT molecular complexity index is 240. The molecule has 0 bridgehead atoms. The number of nitrogens with zero attached hydrogens (tertiary/aromatic N) is 1. The maximum Gasteiger partial charge on any atom is 0.323 e. The molecule has 0 heterocycles. The second-order valence-corrected chi connectivity index (χ2v) is 4.03. The SMILES string of the molecule is CCC(C(=O)OC(C)C)N(C)CCC(=O)O. The molecule has 94 valence electrons. The number of carbonyl (C=O) groups is 2. The number of hydrogen-bond donors (Lipinski definition) is 1. The van der Waals surface area contributed by atoms with Crippen molar-refractivity contribution >= 4 is 11.9 Å². The fourth-order valence-corrected chi connectivity index (χ4v) is 1.40. The summed E-state index contributed by atoms with van der Waals surface area (Å²) in [4.78, 5) is 23.8. The van der Waals surface area contributed by atoms with E-state index in [1.54, 1.807) is 25.8 Å². The second-order valence-electron chi connectivity index (χ2n) is 4.03. The van der Waals surface area contributed by atoms with E-state index < -0.39 is 5.97 Å². The highest BCUT2D eigenvalue weighted by molar-refractivity contribution is 5.76. The van der Waals surface area contributed by atoms with Gasteiger partial charge in [-0.1, -0.05) is 6.92 Å². The Balaban J connectivity index is 4.24. The Morgan fingerprint density at radius 3 is 2.31 bits per heavy atom. The van der Waals surface area contributed by atoms with E-state index in [0.29, 0.717) is 13.0 Å². The molecule has 1 N–H and O–H groups in total. The van der Waals surface area contributed by atoms with Gasteiger partial charge >= 0.3 is 11.9 Å².